The first kappa shape index (κ1) is 11.4. The van der Waals surface area contributed by atoms with Gasteiger partial charge in [0.2, 0.25) is 0 Å². The fourth-order valence-corrected chi connectivity index (χ4v) is 3.70. The fourth-order valence-electron chi connectivity index (χ4n) is 3.70. The van der Waals surface area contributed by atoms with Crippen LogP contribution in [0, 0.1) is 17.8 Å². The van der Waals surface area contributed by atoms with Crippen molar-refractivity contribution < 1.29 is 0 Å². The molecule has 1 aliphatic heterocycles. The molecular formula is C14H27N. The van der Waals surface area contributed by atoms with Crippen molar-refractivity contribution in [3.05, 3.63) is 0 Å². The van der Waals surface area contributed by atoms with E-state index in [4.69, 9.17) is 0 Å². The predicted molar refractivity (Wildman–Crippen MR) is 65.9 cm³/mol. The minimum absolute atomic E-state index is 0.775. The van der Waals surface area contributed by atoms with Gasteiger partial charge in [-0.1, -0.05) is 33.1 Å². The van der Waals surface area contributed by atoms with Gasteiger partial charge in [-0.25, -0.2) is 0 Å². The van der Waals surface area contributed by atoms with E-state index in [1.54, 1.807) is 0 Å². The van der Waals surface area contributed by atoms with Gasteiger partial charge in [0.15, 0.2) is 0 Å². The summed E-state index contributed by atoms with van der Waals surface area (Å²) >= 11 is 0. The molecule has 1 heteroatoms. The Bertz CT molecular complexity index is 200. The zero-order chi connectivity index (χ0) is 10.8. The summed E-state index contributed by atoms with van der Waals surface area (Å²) in [5.41, 5.74) is 0. The maximum atomic E-state index is 3.83. The monoisotopic (exact) mass is 209 g/mol. The average Bonchev–Trinajstić information content (AvgIpc) is 2.50. The molecule has 0 aromatic rings. The van der Waals surface area contributed by atoms with Crippen molar-refractivity contribution in [3.63, 3.8) is 0 Å². The summed E-state index contributed by atoms with van der Waals surface area (Å²) in [6, 6.07) is 1.64. The summed E-state index contributed by atoms with van der Waals surface area (Å²) in [7, 11) is 0. The summed E-state index contributed by atoms with van der Waals surface area (Å²) in [5.74, 6) is 2.85. The summed E-state index contributed by atoms with van der Waals surface area (Å²) in [6.45, 7) is 7.11. The average molecular weight is 209 g/mol. The van der Waals surface area contributed by atoms with Gasteiger partial charge in [-0.2, -0.15) is 0 Å². The van der Waals surface area contributed by atoms with Crippen LogP contribution in [0.2, 0.25) is 0 Å². The van der Waals surface area contributed by atoms with Gasteiger partial charge in [0, 0.05) is 12.1 Å². The minimum atomic E-state index is 0.775. The van der Waals surface area contributed by atoms with Crippen LogP contribution >= 0.6 is 0 Å². The maximum absolute atomic E-state index is 3.83. The smallest absolute Gasteiger partial charge is 0.0101 e. The summed E-state index contributed by atoms with van der Waals surface area (Å²) < 4.78 is 0. The molecule has 1 N–H and O–H groups in total. The Labute approximate surface area is 95.0 Å². The molecule has 1 nitrogen and oxygen atoms in total. The number of hydrogen-bond donors (Lipinski definition) is 1. The highest BCUT2D eigenvalue weighted by atomic mass is 15.0. The van der Waals surface area contributed by atoms with Gasteiger partial charge < -0.3 is 5.32 Å². The summed E-state index contributed by atoms with van der Waals surface area (Å²) in [4.78, 5) is 0. The third kappa shape index (κ3) is 2.55. The molecule has 0 aromatic heterocycles. The first-order chi connectivity index (χ1) is 7.18. The number of fused-ring (bicyclic) bond motifs is 1. The molecule has 1 heterocycles. The highest BCUT2D eigenvalue weighted by Crippen LogP contribution is 2.40. The predicted octanol–water partition coefficient (Wildman–Crippen LogP) is 3.59. The first-order valence-electron chi connectivity index (χ1n) is 6.94. The lowest BCUT2D eigenvalue weighted by Gasteiger charge is -2.29. The van der Waals surface area contributed by atoms with Crippen molar-refractivity contribution in [1.29, 1.82) is 0 Å². The molecule has 0 amide bonds. The Hall–Kier alpha value is -0.0400. The quantitative estimate of drug-likeness (QED) is 0.749. The Morgan fingerprint density at radius 1 is 1.20 bits per heavy atom. The Balaban J connectivity index is 1.91. The Morgan fingerprint density at radius 3 is 2.67 bits per heavy atom. The molecule has 2 rings (SSSR count). The van der Waals surface area contributed by atoms with Gasteiger partial charge >= 0.3 is 0 Å². The lowest BCUT2D eigenvalue weighted by atomic mass is 9.76. The topological polar surface area (TPSA) is 12.0 Å². The van der Waals surface area contributed by atoms with Gasteiger partial charge in [-0.15, -0.1) is 0 Å². The second kappa shape index (κ2) is 4.86. The van der Waals surface area contributed by atoms with E-state index in [1.165, 1.54) is 38.5 Å². The molecule has 0 aromatic carbocycles. The van der Waals surface area contributed by atoms with Crippen LogP contribution in [0.15, 0.2) is 0 Å². The van der Waals surface area contributed by atoms with Crippen molar-refractivity contribution in [2.45, 2.75) is 71.4 Å². The van der Waals surface area contributed by atoms with Crippen molar-refractivity contribution in [3.8, 4) is 0 Å². The van der Waals surface area contributed by atoms with E-state index in [-0.39, 0.29) is 0 Å². The number of hydrogen-bond acceptors (Lipinski definition) is 1. The molecule has 1 saturated heterocycles. The first-order valence-corrected chi connectivity index (χ1v) is 6.94. The van der Waals surface area contributed by atoms with Crippen molar-refractivity contribution in [1.82, 2.24) is 5.32 Å². The normalized spacial score (nSPS) is 40.8. The lowest BCUT2D eigenvalue weighted by Crippen LogP contribution is -2.31. The van der Waals surface area contributed by atoms with Gasteiger partial charge in [-0.05, 0) is 43.9 Å². The van der Waals surface area contributed by atoms with Crippen molar-refractivity contribution in [2.75, 3.05) is 0 Å². The molecule has 3 unspecified atom stereocenters. The molecule has 4 atom stereocenters. The number of rotatable bonds is 3. The zero-order valence-electron chi connectivity index (χ0n) is 10.6. The van der Waals surface area contributed by atoms with Gasteiger partial charge in [-0.3, -0.25) is 0 Å². The molecule has 1 saturated carbocycles. The third-order valence-electron chi connectivity index (χ3n) is 4.57. The lowest BCUT2D eigenvalue weighted by molar-refractivity contribution is 0.249. The van der Waals surface area contributed by atoms with Gasteiger partial charge in [0.1, 0.15) is 0 Å². The molecule has 2 aliphatic rings. The second-order valence-corrected chi connectivity index (χ2v) is 6.15. The minimum Gasteiger partial charge on any atom is -0.311 e. The van der Waals surface area contributed by atoms with Crippen molar-refractivity contribution in [2.24, 2.45) is 17.8 Å². The van der Waals surface area contributed by atoms with Crippen molar-refractivity contribution >= 4 is 0 Å². The van der Waals surface area contributed by atoms with E-state index in [0.29, 0.717) is 0 Å². The Morgan fingerprint density at radius 2 is 1.93 bits per heavy atom. The van der Waals surface area contributed by atoms with E-state index in [2.05, 4.69) is 26.1 Å². The second-order valence-electron chi connectivity index (χ2n) is 6.15. The molecule has 88 valence electrons. The molecular weight excluding hydrogens is 182 g/mol. The van der Waals surface area contributed by atoms with Crippen LogP contribution in [-0.4, -0.2) is 12.1 Å². The Kier molecular flexibility index (Phi) is 3.71. The van der Waals surface area contributed by atoms with Crippen LogP contribution in [0.3, 0.4) is 0 Å². The SMILES string of the molecule is CC(C)CCC1C(C)NC2CCCC[C@@H]21. The van der Waals surface area contributed by atoms with E-state index in [0.717, 1.165) is 29.8 Å². The highest BCUT2D eigenvalue weighted by molar-refractivity contribution is 4.97. The zero-order valence-corrected chi connectivity index (χ0v) is 10.6. The van der Waals surface area contributed by atoms with Gasteiger partial charge in [0.05, 0.1) is 0 Å². The van der Waals surface area contributed by atoms with E-state index in [9.17, 15) is 0 Å². The van der Waals surface area contributed by atoms with Crippen LogP contribution in [0.1, 0.15) is 59.3 Å². The maximum Gasteiger partial charge on any atom is 0.0101 e. The third-order valence-corrected chi connectivity index (χ3v) is 4.57. The van der Waals surface area contributed by atoms with Crippen LogP contribution in [0.25, 0.3) is 0 Å². The molecule has 15 heavy (non-hydrogen) atoms. The highest BCUT2D eigenvalue weighted by Gasteiger charge is 2.40. The van der Waals surface area contributed by atoms with E-state index in [1.807, 2.05) is 0 Å². The molecule has 0 spiro atoms. The molecule has 0 bridgehead atoms. The molecule has 1 aliphatic carbocycles. The standard InChI is InChI=1S/C14H27N/c1-10(2)8-9-12-11(3)15-14-7-5-4-6-13(12)14/h10-15H,4-9H2,1-3H3/t11?,12?,13-,14?/m1/s1. The summed E-state index contributed by atoms with van der Waals surface area (Å²) in [6.07, 6.45) is 8.73. The molecule has 2 fully saturated rings. The van der Waals surface area contributed by atoms with Crippen LogP contribution in [0.5, 0.6) is 0 Å². The molecule has 0 radical (unpaired) electrons. The van der Waals surface area contributed by atoms with Gasteiger partial charge in [0.25, 0.3) is 0 Å². The number of nitrogens with one attached hydrogen (secondary N) is 1. The van der Waals surface area contributed by atoms with Crippen LogP contribution < -0.4 is 5.32 Å². The van der Waals surface area contributed by atoms with Crippen LogP contribution in [-0.2, 0) is 0 Å². The van der Waals surface area contributed by atoms with E-state index >= 15 is 0 Å². The fraction of sp³-hybridized carbons (Fsp3) is 1.00. The van der Waals surface area contributed by atoms with Crippen LogP contribution in [0.4, 0.5) is 0 Å². The van der Waals surface area contributed by atoms with E-state index < -0.39 is 0 Å². The summed E-state index contributed by atoms with van der Waals surface area (Å²) in [5, 5.41) is 3.83. The largest absolute Gasteiger partial charge is 0.311 e.